The van der Waals surface area contributed by atoms with E-state index in [1.165, 1.54) is 44.3 Å². The number of rotatable bonds is 4. The van der Waals surface area contributed by atoms with Crippen LogP contribution in [0.15, 0.2) is 12.4 Å². The first kappa shape index (κ1) is 22.5. The number of halogens is 2. The van der Waals surface area contributed by atoms with E-state index in [1.807, 2.05) is 17.9 Å². The minimum Gasteiger partial charge on any atom is -0.338 e. The molecule has 4 heterocycles. The molecule has 3 aliphatic heterocycles. The summed E-state index contributed by atoms with van der Waals surface area (Å²) in [6, 6.07) is 0.417. The second-order valence-corrected chi connectivity index (χ2v) is 8.01. The Morgan fingerprint density at radius 2 is 1.93 bits per heavy atom. The summed E-state index contributed by atoms with van der Waals surface area (Å²) in [6.07, 6.45) is 10.3. The number of hydrogen-bond acceptors (Lipinski definition) is 4. The van der Waals surface area contributed by atoms with Gasteiger partial charge in [-0.3, -0.25) is 9.48 Å². The van der Waals surface area contributed by atoms with Crippen LogP contribution < -0.4 is 5.32 Å². The highest BCUT2D eigenvalue weighted by Crippen LogP contribution is 2.32. The number of likely N-dealkylation sites (tertiary alicyclic amines) is 2. The van der Waals surface area contributed by atoms with Gasteiger partial charge in [-0.05, 0) is 44.3 Å². The van der Waals surface area contributed by atoms with E-state index in [0.29, 0.717) is 11.9 Å². The van der Waals surface area contributed by atoms with Crippen LogP contribution in [0, 0.1) is 5.92 Å². The highest BCUT2D eigenvalue weighted by atomic mass is 35.5. The van der Waals surface area contributed by atoms with Crippen LogP contribution in [-0.2, 0) is 11.8 Å². The molecule has 3 atom stereocenters. The summed E-state index contributed by atoms with van der Waals surface area (Å²) in [5.74, 6) is 0.682. The molecule has 1 N–H and O–H groups in total. The normalized spacial score (nSPS) is 28.6. The summed E-state index contributed by atoms with van der Waals surface area (Å²) in [5, 5.41) is 7.74. The summed E-state index contributed by atoms with van der Waals surface area (Å²) in [7, 11) is 1.94. The molecular formula is C19H33Cl2N5O. The second kappa shape index (κ2) is 10.1. The van der Waals surface area contributed by atoms with Crippen molar-refractivity contribution in [2.24, 2.45) is 13.0 Å². The summed E-state index contributed by atoms with van der Waals surface area (Å²) < 4.78 is 1.84. The maximum absolute atomic E-state index is 13.3. The van der Waals surface area contributed by atoms with Gasteiger partial charge >= 0.3 is 0 Å². The molecule has 1 unspecified atom stereocenters. The molecule has 3 fully saturated rings. The highest BCUT2D eigenvalue weighted by Gasteiger charge is 2.40. The van der Waals surface area contributed by atoms with Crippen LogP contribution in [0.2, 0.25) is 0 Å². The van der Waals surface area contributed by atoms with Crippen molar-refractivity contribution >= 4 is 30.7 Å². The van der Waals surface area contributed by atoms with Crippen molar-refractivity contribution in [3.8, 4) is 0 Å². The third-order valence-electron chi connectivity index (χ3n) is 6.26. The van der Waals surface area contributed by atoms with E-state index in [4.69, 9.17) is 0 Å². The number of aromatic nitrogens is 2. The molecule has 27 heavy (non-hydrogen) atoms. The average molecular weight is 418 g/mol. The van der Waals surface area contributed by atoms with Gasteiger partial charge in [-0.2, -0.15) is 5.10 Å². The number of nitrogens with one attached hydrogen (secondary N) is 1. The van der Waals surface area contributed by atoms with E-state index in [-0.39, 0.29) is 36.6 Å². The predicted molar refractivity (Wildman–Crippen MR) is 112 cm³/mol. The zero-order chi connectivity index (χ0) is 17.2. The molecule has 6 nitrogen and oxygen atoms in total. The van der Waals surface area contributed by atoms with Crippen LogP contribution in [0.4, 0.5) is 0 Å². The monoisotopic (exact) mass is 417 g/mol. The van der Waals surface area contributed by atoms with Crippen molar-refractivity contribution in [3.05, 3.63) is 18.0 Å². The van der Waals surface area contributed by atoms with E-state index in [0.717, 1.165) is 32.6 Å². The van der Waals surface area contributed by atoms with E-state index in [9.17, 15) is 4.79 Å². The summed E-state index contributed by atoms with van der Waals surface area (Å²) in [5.41, 5.74) is 1.19. The van der Waals surface area contributed by atoms with Crippen molar-refractivity contribution in [2.45, 2.75) is 44.1 Å². The van der Waals surface area contributed by atoms with Crippen LogP contribution in [0.25, 0.3) is 0 Å². The van der Waals surface area contributed by atoms with Crippen LogP contribution in [0.3, 0.4) is 0 Å². The Kier molecular flexibility index (Phi) is 8.40. The standard InChI is InChI=1S/C19H31N5O.2ClH/c1-22-13-15(10-21-22)17-11-20-12-18(17)19(25)24-9-5-6-16(24)14-23-7-3-2-4-8-23;;/h10,13,16-18,20H,2-9,11-12,14H2,1H3;2*1H/t16?,17-,18+;;/m1../s1. The SMILES string of the molecule is Cl.Cl.Cn1cc([C@H]2CNC[C@@H]2C(=O)N2CCCC2CN2CCCCC2)cn1. The molecule has 8 heteroatoms. The Bertz CT molecular complexity index is 605. The topological polar surface area (TPSA) is 53.4 Å². The molecule has 0 radical (unpaired) electrons. The summed E-state index contributed by atoms with van der Waals surface area (Å²) in [6.45, 7) is 6.11. The van der Waals surface area contributed by atoms with Crippen LogP contribution in [-0.4, -0.2) is 70.8 Å². The molecule has 4 rings (SSSR count). The minimum atomic E-state index is 0. The summed E-state index contributed by atoms with van der Waals surface area (Å²) >= 11 is 0. The molecule has 0 spiro atoms. The minimum absolute atomic E-state index is 0. The van der Waals surface area contributed by atoms with Gasteiger partial charge in [-0.15, -0.1) is 24.8 Å². The fraction of sp³-hybridized carbons (Fsp3) is 0.789. The van der Waals surface area contributed by atoms with Crippen molar-refractivity contribution in [1.29, 1.82) is 0 Å². The lowest BCUT2D eigenvalue weighted by molar-refractivity contribution is -0.136. The lowest BCUT2D eigenvalue weighted by Crippen LogP contribution is -2.47. The van der Waals surface area contributed by atoms with Crippen molar-refractivity contribution in [2.75, 3.05) is 39.3 Å². The number of hydrogen-bond donors (Lipinski definition) is 1. The van der Waals surface area contributed by atoms with E-state index >= 15 is 0 Å². The molecule has 0 aromatic carbocycles. The van der Waals surface area contributed by atoms with Crippen molar-refractivity contribution in [3.63, 3.8) is 0 Å². The first-order chi connectivity index (χ1) is 12.2. The van der Waals surface area contributed by atoms with Gasteiger partial charge in [0, 0.05) is 51.4 Å². The third-order valence-corrected chi connectivity index (χ3v) is 6.26. The van der Waals surface area contributed by atoms with Crippen LogP contribution in [0.1, 0.15) is 43.6 Å². The number of nitrogens with zero attached hydrogens (tertiary/aromatic N) is 4. The largest absolute Gasteiger partial charge is 0.338 e. The fourth-order valence-electron chi connectivity index (χ4n) is 4.89. The number of carbonyl (C=O) groups excluding carboxylic acids is 1. The second-order valence-electron chi connectivity index (χ2n) is 8.01. The smallest absolute Gasteiger partial charge is 0.227 e. The number of carbonyl (C=O) groups is 1. The Morgan fingerprint density at radius 3 is 2.63 bits per heavy atom. The fourth-order valence-corrected chi connectivity index (χ4v) is 4.89. The van der Waals surface area contributed by atoms with Crippen LogP contribution >= 0.6 is 24.8 Å². The van der Waals surface area contributed by atoms with Crippen LogP contribution in [0.5, 0.6) is 0 Å². The van der Waals surface area contributed by atoms with E-state index in [2.05, 4.69) is 26.4 Å². The molecule has 1 amide bonds. The predicted octanol–water partition coefficient (Wildman–Crippen LogP) is 2.04. The molecule has 0 bridgehead atoms. The molecule has 3 aliphatic rings. The Hall–Kier alpha value is -0.820. The van der Waals surface area contributed by atoms with Gasteiger partial charge in [0.2, 0.25) is 5.91 Å². The van der Waals surface area contributed by atoms with Gasteiger partial charge in [0.1, 0.15) is 0 Å². The van der Waals surface area contributed by atoms with E-state index < -0.39 is 0 Å². The first-order valence-electron chi connectivity index (χ1n) is 9.94. The summed E-state index contributed by atoms with van der Waals surface area (Å²) in [4.78, 5) is 18.1. The molecule has 0 aliphatic carbocycles. The zero-order valence-corrected chi connectivity index (χ0v) is 17.8. The maximum atomic E-state index is 13.3. The van der Waals surface area contributed by atoms with Crippen molar-refractivity contribution in [1.82, 2.24) is 24.9 Å². The number of piperidine rings is 1. The van der Waals surface area contributed by atoms with Gasteiger partial charge in [0.15, 0.2) is 0 Å². The van der Waals surface area contributed by atoms with Gasteiger partial charge in [0.05, 0.1) is 12.1 Å². The van der Waals surface area contributed by atoms with Gasteiger partial charge in [-0.25, -0.2) is 0 Å². The van der Waals surface area contributed by atoms with Gasteiger partial charge in [-0.1, -0.05) is 6.42 Å². The molecule has 0 saturated carbocycles. The Balaban J connectivity index is 0.00000131. The molecule has 1 aromatic heterocycles. The number of amides is 1. The quantitative estimate of drug-likeness (QED) is 0.813. The highest BCUT2D eigenvalue weighted by molar-refractivity contribution is 5.85. The number of aryl methyl sites for hydroxylation is 1. The van der Waals surface area contributed by atoms with Crippen molar-refractivity contribution < 1.29 is 4.79 Å². The average Bonchev–Trinajstić information content (AvgIpc) is 3.35. The molecule has 154 valence electrons. The Labute approximate surface area is 174 Å². The maximum Gasteiger partial charge on any atom is 0.227 e. The Morgan fingerprint density at radius 1 is 1.15 bits per heavy atom. The molecular weight excluding hydrogens is 385 g/mol. The zero-order valence-electron chi connectivity index (χ0n) is 16.2. The first-order valence-corrected chi connectivity index (χ1v) is 9.94. The lowest BCUT2D eigenvalue weighted by atomic mass is 9.89. The van der Waals surface area contributed by atoms with Gasteiger partial charge < -0.3 is 15.1 Å². The molecule has 1 aromatic rings. The van der Waals surface area contributed by atoms with Gasteiger partial charge in [0.25, 0.3) is 0 Å². The lowest BCUT2D eigenvalue weighted by Gasteiger charge is -2.34. The third kappa shape index (κ3) is 4.97. The molecule has 3 saturated heterocycles. The van der Waals surface area contributed by atoms with E-state index in [1.54, 1.807) is 0 Å².